The van der Waals surface area contributed by atoms with Gasteiger partial charge in [-0.25, -0.2) is 8.78 Å². The minimum Gasteiger partial charge on any atom is -0.371 e. The van der Waals surface area contributed by atoms with Crippen LogP contribution in [-0.4, -0.2) is 64.1 Å². The summed E-state index contributed by atoms with van der Waals surface area (Å²) in [7, 11) is 5.36. The van der Waals surface area contributed by atoms with Gasteiger partial charge in [-0.1, -0.05) is 12.8 Å². The van der Waals surface area contributed by atoms with Crippen molar-refractivity contribution >= 4 is 17.6 Å². The van der Waals surface area contributed by atoms with E-state index in [2.05, 4.69) is 20.5 Å². The standard InChI is InChI=1S/C22H33F2N5O/c1-25-21(27-15-22(9-4-5-10-22)20(30)28(2)3)26-13-16-8-11-29(14-16)17-6-7-18(23)19(24)12-17/h6-7,12,16H,4-5,8-11,13-15H2,1-3H3,(H2,25,26,27). The zero-order valence-corrected chi connectivity index (χ0v) is 18.2. The smallest absolute Gasteiger partial charge is 0.230 e. The molecule has 0 bridgehead atoms. The highest BCUT2D eigenvalue weighted by molar-refractivity contribution is 5.85. The third-order valence-corrected chi connectivity index (χ3v) is 6.35. The number of hydrogen-bond donors (Lipinski definition) is 2. The molecule has 30 heavy (non-hydrogen) atoms. The SMILES string of the molecule is CN=C(NCC1CCN(c2ccc(F)c(F)c2)C1)NCC1(C(=O)N(C)C)CCCC1. The summed E-state index contributed by atoms with van der Waals surface area (Å²) < 4.78 is 26.7. The predicted molar refractivity (Wildman–Crippen MR) is 116 cm³/mol. The van der Waals surface area contributed by atoms with Crippen molar-refractivity contribution in [1.29, 1.82) is 0 Å². The second kappa shape index (κ2) is 9.62. The van der Waals surface area contributed by atoms with Gasteiger partial charge in [0.1, 0.15) is 0 Å². The summed E-state index contributed by atoms with van der Waals surface area (Å²) in [5.74, 6) is -0.383. The van der Waals surface area contributed by atoms with E-state index in [9.17, 15) is 13.6 Å². The van der Waals surface area contributed by atoms with E-state index in [-0.39, 0.29) is 11.3 Å². The molecule has 0 radical (unpaired) electrons. The summed E-state index contributed by atoms with van der Waals surface area (Å²) in [6.07, 6.45) is 4.93. The molecule has 1 saturated carbocycles. The number of nitrogens with one attached hydrogen (secondary N) is 2. The first-order valence-corrected chi connectivity index (χ1v) is 10.7. The highest BCUT2D eigenvalue weighted by atomic mass is 19.2. The fraction of sp³-hybridized carbons (Fsp3) is 0.636. The van der Waals surface area contributed by atoms with Crippen LogP contribution in [0.25, 0.3) is 0 Å². The van der Waals surface area contributed by atoms with Gasteiger partial charge in [0.15, 0.2) is 17.6 Å². The number of hydrogen-bond acceptors (Lipinski definition) is 3. The van der Waals surface area contributed by atoms with Crippen LogP contribution in [0.2, 0.25) is 0 Å². The maximum Gasteiger partial charge on any atom is 0.230 e. The van der Waals surface area contributed by atoms with E-state index in [1.165, 1.54) is 12.1 Å². The lowest BCUT2D eigenvalue weighted by Crippen LogP contribution is -2.49. The second-order valence-corrected chi connectivity index (χ2v) is 8.69. The van der Waals surface area contributed by atoms with Gasteiger partial charge in [-0.3, -0.25) is 9.79 Å². The summed E-state index contributed by atoms with van der Waals surface area (Å²) in [6.45, 7) is 2.89. The monoisotopic (exact) mass is 421 g/mol. The molecule has 3 rings (SSSR count). The molecule has 1 saturated heterocycles. The van der Waals surface area contributed by atoms with Gasteiger partial charge in [0.2, 0.25) is 5.91 Å². The molecule has 1 unspecified atom stereocenters. The number of halogens is 2. The van der Waals surface area contributed by atoms with Crippen molar-refractivity contribution in [3.63, 3.8) is 0 Å². The Labute approximate surface area is 177 Å². The van der Waals surface area contributed by atoms with Gasteiger partial charge in [-0.2, -0.15) is 0 Å². The Kier molecular flexibility index (Phi) is 7.15. The first-order chi connectivity index (χ1) is 14.3. The minimum atomic E-state index is -0.821. The van der Waals surface area contributed by atoms with Crippen molar-refractivity contribution in [2.45, 2.75) is 32.1 Å². The van der Waals surface area contributed by atoms with Crippen LogP contribution in [0.5, 0.6) is 0 Å². The number of aliphatic imine (C=N–C) groups is 1. The minimum absolute atomic E-state index is 0.181. The number of rotatable bonds is 6. The molecule has 1 aromatic carbocycles. The van der Waals surface area contributed by atoms with Crippen LogP contribution >= 0.6 is 0 Å². The first-order valence-electron chi connectivity index (χ1n) is 10.7. The Hall–Kier alpha value is -2.38. The number of benzene rings is 1. The van der Waals surface area contributed by atoms with E-state index in [1.54, 1.807) is 18.0 Å². The summed E-state index contributed by atoms with van der Waals surface area (Å²) in [4.78, 5) is 20.8. The fourth-order valence-electron chi connectivity index (χ4n) is 4.62. The Morgan fingerprint density at radius 2 is 1.97 bits per heavy atom. The summed E-state index contributed by atoms with van der Waals surface area (Å²) in [5, 5.41) is 6.72. The quantitative estimate of drug-likeness (QED) is 0.548. The van der Waals surface area contributed by atoms with Gasteiger partial charge in [-0.05, 0) is 37.3 Å². The summed E-state index contributed by atoms with van der Waals surface area (Å²) in [5.41, 5.74) is 0.363. The number of carbonyl (C=O) groups is 1. The molecule has 1 heterocycles. The van der Waals surface area contributed by atoms with Crippen LogP contribution in [0.4, 0.5) is 14.5 Å². The molecule has 2 aliphatic rings. The highest BCUT2D eigenvalue weighted by Crippen LogP contribution is 2.38. The van der Waals surface area contributed by atoms with Crippen molar-refractivity contribution in [1.82, 2.24) is 15.5 Å². The fourth-order valence-corrected chi connectivity index (χ4v) is 4.62. The van der Waals surface area contributed by atoms with Gasteiger partial charge in [0, 0.05) is 59.1 Å². The molecular weight excluding hydrogens is 388 g/mol. The molecule has 2 N–H and O–H groups in total. The van der Waals surface area contributed by atoms with E-state index >= 15 is 0 Å². The molecular formula is C22H33F2N5O. The lowest BCUT2D eigenvalue weighted by atomic mass is 9.84. The Balaban J connectivity index is 1.50. The molecule has 0 spiro atoms. The number of amides is 1. The molecule has 2 fully saturated rings. The average molecular weight is 422 g/mol. The summed E-state index contributed by atoms with van der Waals surface area (Å²) >= 11 is 0. The zero-order chi connectivity index (χ0) is 21.7. The lowest BCUT2D eigenvalue weighted by molar-refractivity contribution is -0.138. The molecule has 1 atom stereocenters. The van der Waals surface area contributed by atoms with E-state index in [0.717, 1.165) is 51.7 Å². The van der Waals surface area contributed by atoms with Crippen molar-refractivity contribution in [3.05, 3.63) is 29.8 Å². The largest absolute Gasteiger partial charge is 0.371 e. The average Bonchev–Trinajstić information content (AvgIpc) is 3.40. The van der Waals surface area contributed by atoms with Crippen LogP contribution in [0, 0.1) is 23.0 Å². The van der Waals surface area contributed by atoms with Gasteiger partial charge >= 0.3 is 0 Å². The highest BCUT2D eigenvalue weighted by Gasteiger charge is 2.42. The maximum absolute atomic E-state index is 13.5. The van der Waals surface area contributed by atoms with Crippen LogP contribution in [0.1, 0.15) is 32.1 Å². The van der Waals surface area contributed by atoms with Crippen molar-refractivity contribution in [2.75, 3.05) is 52.2 Å². The number of carbonyl (C=O) groups excluding carboxylic acids is 1. The molecule has 1 aliphatic carbocycles. The molecule has 1 aliphatic heterocycles. The van der Waals surface area contributed by atoms with Crippen molar-refractivity contribution in [3.8, 4) is 0 Å². The zero-order valence-electron chi connectivity index (χ0n) is 18.2. The van der Waals surface area contributed by atoms with Crippen LogP contribution in [0.3, 0.4) is 0 Å². The van der Waals surface area contributed by atoms with E-state index in [1.807, 2.05) is 14.1 Å². The van der Waals surface area contributed by atoms with Crippen LogP contribution in [-0.2, 0) is 4.79 Å². The first kappa shape index (κ1) is 22.3. The maximum atomic E-state index is 13.5. The van der Waals surface area contributed by atoms with Crippen LogP contribution in [0.15, 0.2) is 23.2 Å². The topological polar surface area (TPSA) is 60.0 Å². The number of anilines is 1. The second-order valence-electron chi connectivity index (χ2n) is 8.69. The predicted octanol–water partition coefficient (Wildman–Crippen LogP) is 2.60. The van der Waals surface area contributed by atoms with Gasteiger partial charge in [0.25, 0.3) is 0 Å². The number of guanidine groups is 1. The Morgan fingerprint density at radius 3 is 2.60 bits per heavy atom. The third-order valence-electron chi connectivity index (χ3n) is 6.35. The molecule has 1 amide bonds. The molecule has 1 aromatic rings. The van der Waals surface area contributed by atoms with Crippen molar-refractivity contribution in [2.24, 2.45) is 16.3 Å². The van der Waals surface area contributed by atoms with E-state index < -0.39 is 11.6 Å². The summed E-state index contributed by atoms with van der Waals surface area (Å²) in [6, 6.07) is 4.06. The third kappa shape index (κ3) is 5.02. The lowest BCUT2D eigenvalue weighted by Gasteiger charge is -2.31. The molecule has 0 aromatic heterocycles. The molecule has 166 valence electrons. The Morgan fingerprint density at radius 1 is 1.23 bits per heavy atom. The van der Waals surface area contributed by atoms with Crippen molar-refractivity contribution < 1.29 is 13.6 Å². The molecule has 8 heteroatoms. The normalized spacial score (nSPS) is 21.0. The van der Waals surface area contributed by atoms with Gasteiger partial charge < -0.3 is 20.4 Å². The van der Waals surface area contributed by atoms with Gasteiger partial charge in [-0.15, -0.1) is 0 Å². The van der Waals surface area contributed by atoms with Crippen LogP contribution < -0.4 is 15.5 Å². The number of nitrogens with zero attached hydrogens (tertiary/aromatic N) is 3. The Bertz CT molecular complexity index is 777. The van der Waals surface area contributed by atoms with Gasteiger partial charge in [0.05, 0.1) is 5.41 Å². The molecule has 6 nitrogen and oxygen atoms in total. The van der Waals surface area contributed by atoms with E-state index in [4.69, 9.17) is 0 Å². The van der Waals surface area contributed by atoms with E-state index in [0.29, 0.717) is 24.1 Å².